The highest BCUT2D eigenvalue weighted by atomic mass is 79.9. The van der Waals surface area contributed by atoms with E-state index in [0.29, 0.717) is 25.4 Å². The number of nitro groups is 1. The van der Waals surface area contributed by atoms with Gasteiger partial charge in [0.2, 0.25) is 0 Å². The molecule has 1 aliphatic heterocycles. The van der Waals surface area contributed by atoms with Gasteiger partial charge in [0, 0.05) is 23.6 Å². The SMILES string of the molecule is CCOC(=O)C1CCCN(c2cc(Br)ccc2[N+](=O)[O-])C1. The van der Waals surface area contributed by atoms with Crippen molar-refractivity contribution < 1.29 is 14.5 Å². The molecule has 1 aliphatic rings. The fourth-order valence-electron chi connectivity index (χ4n) is 2.55. The van der Waals surface area contributed by atoms with Crippen LogP contribution in [0.4, 0.5) is 11.4 Å². The maximum absolute atomic E-state index is 11.9. The van der Waals surface area contributed by atoms with Gasteiger partial charge in [0.15, 0.2) is 0 Å². The number of nitro benzene ring substituents is 1. The van der Waals surface area contributed by atoms with E-state index in [1.54, 1.807) is 19.1 Å². The van der Waals surface area contributed by atoms with E-state index in [1.165, 1.54) is 6.07 Å². The lowest BCUT2D eigenvalue weighted by molar-refractivity contribution is -0.384. The first-order valence-corrected chi connectivity index (χ1v) is 7.67. The van der Waals surface area contributed by atoms with Gasteiger partial charge in [-0.2, -0.15) is 0 Å². The molecule has 0 aliphatic carbocycles. The highest BCUT2D eigenvalue weighted by Gasteiger charge is 2.30. The first kappa shape index (κ1) is 15.8. The summed E-state index contributed by atoms with van der Waals surface area (Å²) in [5.41, 5.74) is 0.603. The van der Waals surface area contributed by atoms with Crippen molar-refractivity contribution in [2.24, 2.45) is 5.92 Å². The summed E-state index contributed by atoms with van der Waals surface area (Å²) in [6.07, 6.45) is 1.57. The number of carbonyl (C=O) groups excluding carboxylic acids is 1. The number of nitrogens with zero attached hydrogens (tertiary/aromatic N) is 2. The second-order valence-electron chi connectivity index (χ2n) is 4.93. The van der Waals surface area contributed by atoms with Gasteiger partial charge < -0.3 is 9.64 Å². The van der Waals surface area contributed by atoms with Crippen molar-refractivity contribution >= 4 is 33.3 Å². The van der Waals surface area contributed by atoms with Gasteiger partial charge in [0.1, 0.15) is 5.69 Å². The maximum atomic E-state index is 11.9. The van der Waals surface area contributed by atoms with Gasteiger partial charge in [-0.05, 0) is 31.9 Å². The van der Waals surface area contributed by atoms with Crippen LogP contribution in [0.15, 0.2) is 22.7 Å². The Bertz CT molecular complexity index is 550. The molecule has 2 rings (SSSR count). The molecular weight excluding hydrogens is 340 g/mol. The predicted molar refractivity (Wildman–Crippen MR) is 82.4 cm³/mol. The average Bonchev–Trinajstić information content (AvgIpc) is 2.47. The van der Waals surface area contributed by atoms with Crippen LogP contribution in [0.2, 0.25) is 0 Å². The van der Waals surface area contributed by atoms with E-state index in [1.807, 2.05) is 4.90 Å². The van der Waals surface area contributed by atoms with Gasteiger partial charge in [-0.1, -0.05) is 15.9 Å². The molecule has 1 unspecified atom stereocenters. The number of anilines is 1. The molecule has 7 heteroatoms. The lowest BCUT2D eigenvalue weighted by Gasteiger charge is -2.32. The zero-order valence-electron chi connectivity index (χ0n) is 11.8. The van der Waals surface area contributed by atoms with Crippen LogP contribution in [0.3, 0.4) is 0 Å². The zero-order valence-corrected chi connectivity index (χ0v) is 13.3. The molecule has 1 aromatic carbocycles. The highest BCUT2D eigenvalue weighted by Crippen LogP contribution is 2.34. The molecule has 114 valence electrons. The molecule has 0 amide bonds. The minimum absolute atomic E-state index is 0.0581. The molecule has 21 heavy (non-hydrogen) atoms. The van der Waals surface area contributed by atoms with Gasteiger partial charge in [-0.3, -0.25) is 14.9 Å². The normalized spacial score (nSPS) is 18.4. The summed E-state index contributed by atoms with van der Waals surface area (Å²) in [6, 6.07) is 4.85. The fourth-order valence-corrected chi connectivity index (χ4v) is 2.90. The number of rotatable bonds is 4. The van der Waals surface area contributed by atoms with E-state index in [9.17, 15) is 14.9 Å². The monoisotopic (exact) mass is 356 g/mol. The van der Waals surface area contributed by atoms with Crippen LogP contribution in [0, 0.1) is 16.0 Å². The number of hydrogen-bond donors (Lipinski definition) is 0. The van der Waals surface area contributed by atoms with E-state index < -0.39 is 4.92 Å². The molecule has 1 aromatic rings. The average molecular weight is 357 g/mol. The molecule has 0 spiro atoms. The minimum Gasteiger partial charge on any atom is -0.466 e. The summed E-state index contributed by atoms with van der Waals surface area (Å²) >= 11 is 3.34. The van der Waals surface area contributed by atoms with Crippen molar-refractivity contribution in [1.29, 1.82) is 0 Å². The molecule has 0 aromatic heterocycles. The Labute approximate surface area is 131 Å². The van der Waals surface area contributed by atoms with Gasteiger partial charge in [0.05, 0.1) is 17.4 Å². The molecule has 6 nitrogen and oxygen atoms in total. The summed E-state index contributed by atoms with van der Waals surface area (Å²) in [5, 5.41) is 11.2. The third-order valence-corrected chi connectivity index (χ3v) is 4.01. The van der Waals surface area contributed by atoms with Crippen LogP contribution in [0.25, 0.3) is 0 Å². The van der Waals surface area contributed by atoms with Gasteiger partial charge >= 0.3 is 5.97 Å². The Morgan fingerprint density at radius 2 is 2.33 bits per heavy atom. The first-order valence-electron chi connectivity index (χ1n) is 6.88. The topological polar surface area (TPSA) is 72.7 Å². The Morgan fingerprint density at radius 3 is 3.00 bits per heavy atom. The molecule has 0 bridgehead atoms. The largest absolute Gasteiger partial charge is 0.466 e. The first-order chi connectivity index (χ1) is 10.0. The van der Waals surface area contributed by atoms with Crippen LogP contribution in [0.1, 0.15) is 19.8 Å². The summed E-state index contributed by atoms with van der Waals surface area (Å²) in [4.78, 5) is 24.5. The number of halogens is 1. The van der Waals surface area contributed by atoms with Crippen LogP contribution in [-0.4, -0.2) is 30.6 Å². The number of hydrogen-bond acceptors (Lipinski definition) is 5. The maximum Gasteiger partial charge on any atom is 0.310 e. The molecular formula is C14H17BrN2O4. The smallest absolute Gasteiger partial charge is 0.310 e. The van der Waals surface area contributed by atoms with Crippen molar-refractivity contribution in [3.05, 3.63) is 32.8 Å². The van der Waals surface area contributed by atoms with Crippen molar-refractivity contribution in [3.8, 4) is 0 Å². The second-order valence-corrected chi connectivity index (χ2v) is 5.84. The molecule has 1 atom stereocenters. The molecule has 1 heterocycles. The number of benzene rings is 1. The number of carbonyl (C=O) groups is 1. The van der Waals surface area contributed by atoms with Crippen LogP contribution < -0.4 is 4.90 Å². The Hall–Kier alpha value is -1.63. The summed E-state index contributed by atoms with van der Waals surface area (Å²) in [7, 11) is 0. The minimum atomic E-state index is -0.393. The summed E-state index contributed by atoms with van der Waals surface area (Å²) in [6.45, 7) is 3.29. The number of ether oxygens (including phenoxy) is 1. The zero-order chi connectivity index (χ0) is 15.4. The molecule has 0 saturated carbocycles. The number of piperidine rings is 1. The van der Waals surface area contributed by atoms with Crippen molar-refractivity contribution in [2.75, 3.05) is 24.6 Å². The van der Waals surface area contributed by atoms with E-state index in [2.05, 4.69) is 15.9 Å². The number of esters is 1. The van der Waals surface area contributed by atoms with E-state index in [4.69, 9.17) is 4.74 Å². The Balaban J connectivity index is 2.23. The van der Waals surface area contributed by atoms with E-state index in [-0.39, 0.29) is 17.6 Å². The lowest BCUT2D eigenvalue weighted by Crippen LogP contribution is -2.39. The Morgan fingerprint density at radius 1 is 1.57 bits per heavy atom. The quantitative estimate of drug-likeness (QED) is 0.470. The van der Waals surface area contributed by atoms with Gasteiger partial charge in [-0.25, -0.2) is 0 Å². The summed E-state index contributed by atoms with van der Waals surface area (Å²) in [5.74, 6) is -0.447. The molecule has 1 fully saturated rings. The van der Waals surface area contributed by atoms with Crippen LogP contribution in [0.5, 0.6) is 0 Å². The fraction of sp³-hybridized carbons (Fsp3) is 0.500. The third kappa shape index (κ3) is 3.72. The third-order valence-electron chi connectivity index (χ3n) is 3.52. The van der Waals surface area contributed by atoms with E-state index in [0.717, 1.165) is 17.3 Å². The standard InChI is InChI=1S/C14H17BrN2O4/c1-2-21-14(18)10-4-3-7-16(9-10)13-8-11(15)5-6-12(13)17(19)20/h5-6,8,10H,2-4,7,9H2,1H3. The summed E-state index contributed by atoms with van der Waals surface area (Å²) < 4.78 is 5.84. The van der Waals surface area contributed by atoms with Crippen LogP contribution in [-0.2, 0) is 9.53 Å². The molecule has 1 saturated heterocycles. The van der Waals surface area contributed by atoms with Gasteiger partial charge in [0.25, 0.3) is 5.69 Å². The second kappa shape index (κ2) is 6.89. The molecule has 0 N–H and O–H groups in total. The predicted octanol–water partition coefficient (Wildman–Crippen LogP) is 3.14. The van der Waals surface area contributed by atoms with Gasteiger partial charge in [-0.15, -0.1) is 0 Å². The Kier molecular flexibility index (Phi) is 5.17. The lowest BCUT2D eigenvalue weighted by atomic mass is 9.97. The molecule has 0 radical (unpaired) electrons. The van der Waals surface area contributed by atoms with Crippen LogP contribution >= 0.6 is 15.9 Å². The van der Waals surface area contributed by atoms with Crippen molar-refractivity contribution in [3.63, 3.8) is 0 Å². The van der Waals surface area contributed by atoms with Crippen molar-refractivity contribution in [2.45, 2.75) is 19.8 Å². The highest BCUT2D eigenvalue weighted by molar-refractivity contribution is 9.10. The van der Waals surface area contributed by atoms with Crippen molar-refractivity contribution in [1.82, 2.24) is 0 Å². The van der Waals surface area contributed by atoms with E-state index >= 15 is 0 Å².